The fourth-order valence-corrected chi connectivity index (χ4v) is 1.93. The number of benzene rings is 2. The summed E-state index contributed by atoms with van der Waals surface area (Å²) in [4.78, 5) is 4.38. The molecule has 0 aliphatic rings. The van der Waals surface area contributed by atoms with Gasteiger partial charge in [-0.3, -0.25) is 0 Å². The third-order valence-corrected chi connectivity index (χ3v) is 2.99. The molecule has 0 aliphatic heterocycles. The summed E-state index contributed by atoms with van der Waals surface area (Å²) in [5.74, 6) is 0. The van der Waals surface area contributed by atoms with Crippen molar-refractivity contribution in [2.24, 2.45) is 0 Å². The van der Waals surface area contributed by atoms with E-state index in [-0.39, 0.29) is 0 Å². The van der Waals surface area contributed by atoms with Gasteiger partial charge >= 0.3 is 0 Å². The van der Waals surface area contributed by atoms with Crippen molar-refractivity contribution >= 4 is 17.1 Å². The standard InChI is InChI=1S/C15H14N2O/c1-11-6-2-3-7-12(11)10-16-15-17-13-8-4-5-9-14(13)18-15/h2-9H,10H2,1H3,(H,16,17). The molecule has 0 bridgehead atoms. The van der Waals surface area contributed by atoms with E-state index in [1.807, 2.05) is 36.4 Å². The highest BCUT2D eigenvalue weighted by atomic mass is 16.4. The topological polar surface area (TPSA) is 38.1 Å². The first-order valence-corrected chi connectivity index (χ1v) is 5.97. The highest BCUT2D eigenvalue weighted by Crippen LogP contribution is 2.19. The molecular weight excluding hydrogens is 224 g/mol. The van der Waals surface area contributed by atoms with Gasteiger partial charge in [0.15, 0.2) is 5.58 Å². The summed E-state index contributed by atoms with van der Waals surface area (Å²) < 4.78 is 5.61. The Kier molecular flexibility index (Phi) is 2.73. The Morgan fingerprint density at radius 1 is 1.06 bits per heavy atom. The molecule has 1 heterocycles. The summed E-state index contributed by atoms with van der Waals surface area (Å²) in [5, 5.41) is 3.21. The van der Waals surface area contributed by atoms with Crippen molar-refractivity contribution in [3.63, 3.8) is 0 Å². The van der Waals surface area contributed by atoms with E-state index in [0.29, 0.717) is 6.01 Å². The molecular formula is C15H14N2O. The Bertz CT molecular complexity index is 640. The number of fused-ring (bicyclic) bond motifs is 1. The number of rotatable bonds is 3. The van der Waals surface area contributed by atoms with Gasteiger partial charge < -0.3 is 9.73 Å². The lowest BCUT2D eigenvalue weighted by Gasteiger charge is -2.04. The Hall–Kier alpha value is -2.29. The van der Waals surface area contributed by atoms with Gasteiger partial charge in [-0.15, -0.1) is 0 Å². The maximum absolute atomic E-state index is 5.61. The molecule has 0 unspecified atom stereocenters. The van der Waals surface area contributed by atoms with E-state index in [1.165, 1.54) is 11.1 Å². The molecule has 90 valence electrons. The number of hydrogen-bond donors (Lipinski definition) is 1. The number of nitrogens with zero attached hydrogens (tertiary/aromatic N) is 1. The van der Waals surface area contributed by atoms with E-state index >= 15 is 0 Å². The molecule has 0 spiro atoms. The van der Waals surface area contributed by atoms with Crippen molar-refractivity contribution in [1.82, 2.24) is 4.98 Å². The summed E-state index contributed by atoms with van der Waals surface area (Å²) in [6.07, 6.45) is 0. The van der Waals surface area contributed by atoms with Crippen LogP contribution in [0.5, 0.6) is 0 Å². The fourth-order valence-electron chi connectivity index (χ4n) is 1.93. The summed E-state index contributed by atoms with van der Waals surface area (Å²) in [6, 6.07) is 16.6. The van der Waals surface area contributed by atoms with Crippen LogP contribution in [0.1, 0.15) is 11.1 Å². The second-order valence-electron chi connectivity index (χ2n) is 4.27. The minimum atomic E-state index is 0.569. The number of aromatic nitrogens is 1. The molecule has 3 rings (SSSR count). The van der Waals surface area contributed by atoms with Crippen molar-refractivity contribution in [3.8, 4) is 0 Å². The number of nitrogens with one attached hydrogen (secondary N) is 1. The smallest absolute Gasteiger partial charge is 0.295 e. The first-order chi connectivity index (χ1) is 8.83. The number of aryl methyl sites for hydroxylation is 1. The second kappa shape index (κ2) is 4.53. The largest absolute Gasteiger partial charge is 0.424 e. The van der Waals surface area contributed by atoms with E-state index in [9.17, 15) is 0 Å². The molecule has 0 radical (unpaired) electrons. The van der Waals surface area contributed by atoms with Crippen molar-refractivity contribution < 1.29 is 4.42 Å². The molecule has 0 aliphatic carbocycles. The zero-order chi connectivity index (χ0) is 12.4. The van der Waals surface area contributed by atoms with Gasteiger partial charge in [0.2, 0.25) is 0 Å². The molecule has 2 aromatic carbocycles. The normalized spacial score (nSPS) is 10.7. The zero-order valence-electron chi connectivity index (χ0n) is 10.2. The average molecular weight is 238 g/mol. The summed E-state index contributed by atoms with van der Waals surface area (Å²) in [5.41, 5.74) is 4.20. The number of oxazole rings is 1. The molecule has 1 N–H and O–H groups in total. The highest BCUT2D eigenvalue weighted by molar-refractivity contribution is 5.74. The number of anilines is 1. The van der Waals surface area contributed by atoms with Gasteiger partial charge in [-0.25, -0.2) is 0 Å². The molecule has 3 heteroatoms. The van der Waals surface area contributed by atoms with E-state index in [1.54, 1.807) is 0 Å². The number of hydrogen-bond acceptors (Lipinski definition) is 3. The van der Waals surface area contributed by atoms with Crippen LogP contribution in [0.4, 0.5) is 6.01 Å². The third kappa shape index (κ3) is 2.07. The predicted octanol–water partition coefficient (Wildman–Crippen LogP) is 3.75. The van der Waals surface area contributed by atoms with Crippen LogP contribution in [-0.4, -0.2) is 4.98 Å². The van der Waals surface area contributed by atoms with Crippen LogP contribution in [0.3, 0.4) is 0 Å². The first-order valence-electron chi connectivity index (χ1n) is 5.97. The van der Waals surface area contributed by atoms with Gasteiger partial charge in [0.1, 0.15) is 5.52 Å². The monoisotopic (exact) mass is 238 g/mol. The van der Waals surface area contributed by atoms with Crippen molar-refractivity contribution in [2.45, 2.75) is 13.5 Å². The lowest BCUT2D eigenvalue weighted by molar-refractivity contribution is 0.614. The maximum atomic E-state index is 5.61. The van der Waals surface area contributed by atoms with E-state index in [4.69, 9.17) is 4.42 Å². The lowest BCUT2D eigenvalue weighted by Crippen LogP contribution is -2.00. The predicted molar refractivity (Wildman–Crippen MR) is 72.5 cm³/mol. The molecule has 0 atom stereocenters. The van der Waals surface area contributed by atoms with Crippen LogP contribution in [0.25, 0.3) is 11.1 Å². The minimum absolute atomic E-state index is 0.569. The molecule has 3 nitrogen and oxygen atoms in total. The zero-order valence-corrected chi connectivity index (χ0v) is 10.2. The van der Waals surface area contributed by atoms with Gasteiger partial charge in [-0.1, -0.05) is 36.4 Å². The second-order valence-corrected chi connectivity index (χ2v) is 4.27. The molecule has 1 aromatic heterocycles. The van der Waals surface area contributed by atoms with Crippen molar-refractivity contribution in [3.05, 3.63) is 59.7 Å². The molecule has 18 heavy (non-hydrogen) atoms. The molecule has 3 aromatic rings. The average Bonchev–Trinajstić information content (AvgIpc) is 2.80. The Morgan fingerprint density at radius 2 is 1.83 bits per heavy atom. The lowest BCUT2D eigenvalue weighted by atomic mass is 10.1. The summed E-state index contributed by atoms with van der Waals surface area (Å²) in [6.45, 7) is 2.82. The molecule has 0 amide bonds. The van der Waals surface area contributed by atoms with E-state index < -0.39 is 0 Å². The van der Waals surface area contributed by atoms with Crippen LogP contribution < -0.4 is 5.32 Å². The summed E-state index contributed by atoms with van der Waals surface area (Å²) >= 11 is 0. The van der Waals surface area contributed by atoms with E-state index in [2.05, 4.69) is 29.4 Å². The SMILES string of the molecule is Cc1ccccc1CNc1nc2ccccc2o1. The Balaban J connectivity index is 1.79. The van der Waals surface area contributed by atoms with Gasteiger partial charge in [-0.05, 0) is 30.2 Å². The molecule has 0 fully saturated rings. The molecule has 0 saturated carbocycles. The Morgan fingerprint density at radius 3 is 2.67 bits per heavy atom. The Labute approximate surface area is 105 Å². The maximum Gasteiger partial charge on any atom is 0.295 e. The minimum Gasteiger partial charge on any atom is -0.424 e. The van der Waals surface area contributed by atoms with Crippen LogP contribution in [-0.2, 0) is 6.54 Å². The van der Waals surface area contributed by atoms with Crippen LogP contribution in [0.15, 0.2) is 52.9 Å². The fraction of sp³-hybridized carbons (Fsp3) is 0.133. The number of para-hydroxylation sites is 2. The highest BCUT2D eigenvalue weighted by Gasteiger charge is 2.04. The van der Waals surface area contributed by atoms with Crippen LogP contribution in [0, 0.1) is 6.92 Å². The summed E-state index contributed by atoms with van der Waals surface area (Å²) in [7, 11) is 0. The quantitative estimate of drug-likeness (QED) is 0.755. The van der Waals surface area contributed by atoms with Crippen LogP contribution >= 0.6 is 0 Å². The van der Waals surface area contributed by atoms with Crippen LogP contribution in [0.2, 0.25) is 0 Å². The van der Waals surface area contributed by atoms with Crippen molar-refractivity contribution in [1.29, 1.82) is 0 Å². The third-order valence-electron chi connectivity index (χ3n) is 2.99. The van der Waals surface area contributed by atoms with Gasteiger partial charge in [-0.2, -0.15) is 4.98 Å². The van der Waals surface area contributed by atoms with Gasteiger partial charge in [0.25, 0.3) is 6.01 Å². The van der Waals surface area contributed by atoms with E-state index in [0.717, 1.165) is 17.6 Å². The van der Waals surface area contributed by atoms with Gasteiger partial charge in [0.05, 0.1) is 0 Å². The molecule has 0 saturated heterocycles. The van der Waals surface area contributed by atoms with Crippen molar-refractivity contribution in [2.75, 3.05) is 5.32 Å². The first kappa shape index (κ1) is 10.8. The van der Waals surface area contributed by atoms with Gasteiger partial charge in [0, 0.05) is 6.54 Å².